The van der Waals surface area contributed by atoms with Gasteiger partial charge in [0.15, 0.2) is 0 Å². The van der Waals surface area contributed by atoms with E-state index in [1.807, 2.05) is 12.1 Å². The monoisotopic (exact) mass is 384 g/mol. The molecule has 0 bridgehead atoms. The molecule has 0 aromatic heterocycles. The lowest BCUT2D eigenvalue weighted by atomic mass is 9.88. The third-order valence-corrected chi connectivity index (χ3v) is 6.29. The van der Waals surface area contributed by atoms with Crippen LogP contribution in [0.2, 0.25) is 0 Å². The number of piperidine rings is 2. The first kappa shape index (κ1) is 19.1. The first-order chi connectivity index (χ1) is 13.5. The Hall–Kier alpha value is -2.25. The van der Waals surface area contributed by atoms with Gasteiger partial charge in [-0.2, -0.15) is 0 Å². The van der Waals surface area contributed by atoms with Crippen LogP contribution in [0.3, 0.4) is 0 Å². The smallest absolute Gasteiger partial charge is 0.255 e. The van der Waals surface area contributed by atoms with Crippen molar-refractivity contribution in [1.82, 2.24) is 20.9 Å². The molecule has 0 radical (unpaired) electrons. The SMILES string of the molecule is CC1CNCCC1CNCc1ccc2c(c1)CN(C1CCC(=O)NC1=O)C2=O. The fourth-order valence-electron chi connectivity index (χ4n) is 4.51. The minimum Gasteiger partial charge on any atom is -0.322 e. The average Bonchev–Trinajstić information content (AvgIpc) is 2.99. The molecule has 1 aromatic carbocycles. The second-order valence-corrected chi connectivity index (χ2v) is 8.25. The summed E-state index contributed by atoms with van der Waals surface area (Å²) in [5.74, 6) is 0.631. The molecule has 1 aromatic rings. The van der Waals surface area contributed by atoms with Crippen molar-refractivity contribution in [2.75, 3.05) is 19.6 Å². The highest BCUT2D eigenvalue weighted by molar-refractivity contribution is 6.05. The van der Waals surface area contributed by atoms with Gasteiger partial charge in [0.25, 0.3) is 5.91 Å². The van der Waals surface area contributed by atoms with Crippen molar-refractivity contribution in [3.8, 4) is 0 Å². The maximum absolute atomic E-state index is 12.7. The van der Waals surface area contributed by atoms with E-state index in [0.717, 1.165) is 37.3 Å². The Morgan fingerprint density at radius 2 is 2.07 bits per heavy atom. The van der Waals surface area contributed by atoms with Crippen LogP contribution < -0.4 is 16.0 Å². The van der Waals surface area contributed by atoms with Crippen LogP contribution in [0.15, 0.2) is 18.2 Å². The number of carbonyl (C=O) groups excluding carboxylic acids is 3. The predicted octanol–water partition coefficient (Wildman–Crippen LogP) is 0.783. The Kier molecular flexibility index (Phi) is 5.46. The van der Waals surface area contributed by atoms with Gasteiger partial charge in [0.2, 0.25) is 11.8 Å². The van der Waals surface area contributed by atoms with E-state index in [1.165, 1.54) is 6.42 Å². The number of amides is 3. The largest absolute Gasteiger partial charge is 0.322 e. The van der Waals surface area contributed by atoms with Crippen molar-refractivity contribution in [2.45, 2.75) is 45.3 Å². The molecule has 4 rings (SSSR count). The molecule has 150 valence electrons. The summed E-state index contributed by atoms with van der Waals surface area (Å²) in [6.07, 6.45) is 1.88. The number of imide groups is 1. The molecule has 2 saturated heterocycles. The van der Waals surface area contributed by atoms with Crippen molar-refractivity contribution >= 4 is 17.7 Å². The maximum Gasteiger partial charge on any atom is 0.255 e. The fourth-order valence-corrected chi connectivity index (χ4v) is 4.51. The van der Waals surface area contributed by atoms with E-state index in [2.05, 4.69) is 28.9 Å². The third-order valence-electron chi connectivity index (χ3n) is 6.29. The number of nitrogens with zero attached hydrogens (tertiary/aromatic N) is 1. The normalized spacial score (nSPS) is 27.7. The highest BCUT2D eigenvalue weighted by Gasteiger charge is 2.39. The van der Waals surface area contributed by atoms with Crippen molar-refractivity contribution in [1.29, 1.82) is 0 Å². The maximum atomic E-state index is 12.7. The third kappa shape index (κ3) is 3.82. The Morgan fingerprint density at radius 3 is 2.86 bits per heavy atom. The van der Waals surface area contributed by atoms with Crippen LogP contribution >= 0.6 is 0 Å². The zero-order valence-electron chi connectivity index (χ0n) is 16.3. The van der Waals surface area contributed by atoms with Crippen LogP contribution in [0, 0.1) is 11.8 Å². The first-order valence-corrected chi connectivity index (χ1v) is 10.2. The molecule has 3 N–H and O–H groups in total. The van der Waals surface area contributed by atoms with E-state index in [1.54, 1.807) is 4.90 Å². The molecule has 0 spiro atoms. The summed E-state index contributed by atoms with van der Waals surface area (Å²) in [4.78, 5) is 37.8. The molecule has 3 amide bonds. The molecule has 3 heterocycles. The van der Waals surface area contributed by atoms with Gasteiger partial charge in [0.05, 0.1) is 0 Å². The number of nitrogens with one attached hydrogen (secondary N) is 3. The van der Waals surface area contributed by atoms with Crippen molar-refractivity contribution in [2.24, 2.45) is 11.8 Å². The number of fused-ring (bicyclic) bond motifs is 1. The lowest BCUT2D eigenvalue weighted by Gasteiger charge is -2.29. The van der Waals surface area contributed by atoms with Crippen LogP contribution in [0.4, 0.5) is 0 Å². The van der Waals surface area contributed by atoms with Gasteiger partial charge in [-0.1, -0.05) is 19.1 Å². The van der Waals surface area contributed by atoms with E-state index < -0.39 is 6.04 Å². The lowest BCUT2D eigenvalue weighted by Crippen LogP contribution is -2.52. The van der Waals surface area contributed by atoms with E-state index in [9.17, 15) is 14.4 Å². The molecular weight excluding hydrogens is 356 g/mol. The lowest BCUT2D eigenvalue weighted by molar-refractivity contribution is -0.136. The number of hydrogen-bond acceptors (Lipinski definition) is 5. The van der Waals surface area contributed by atoms with Crippen molar-refractivity contribution in [3.05, 3.63) is 34.9 Å². The van der Waals surface area contributed by atoms with Crippen LogP contribution in [0.5, 0.6) is 0 Å². The van der Waals surface area contributed by atoms with Gasteiger partial charge in [0, 0.05) is 25.1 Å². The second-order valence-electron chi connectivity index (χ2n) is 8.25. The molecule has 0 saturated carbocycles. The van der Waals surface area contributed by atoms with Gasteiger partial charge in [-0.3, -0.25) is 19.7 Å². The Morgan fingerprint density at radius 1 is 1.21 bits per heavy atom. The molecular formula is C21H28N4O3. The summed E-state index contributed by atoms with van der Waals surface area (Å²) < 4.78 is 0. The fraction of sp³-hybridized carbons (Fsp3) is 0.571. The number of benzene rings is 1. The molecule has 3 atom stereocenters. The van der Waals surface area contributed by atoms with Gasteiger partial charge < -0.3 is 15.5 Å². The molecule has 3 aliphatic rings. The van der Waals surface area contributed by atoms with Crippen LogP contribution in [-0.2, 0) is 22.7 Å². The quantitative estimate of drug-likeness (QED) is 0.653. The van der Waals surface area contributed by atoms with E-state index in [4.69, 9.17) is 0 Å². The molecule has 3 unspecified atom stereocenters. The topological polar surface area (TPSA) is 90.5 Å². The van der Waals surface area contributed by atoms with E-state index in [0.29, 0.717) is 30.4 Å². The Labute approximate surface area is 165 Å². The first-order valence-electron chi connectivity index (χ1n) is 10.2. The summed E-state index contributed by atoms with van der Waals surface area (Å²) in [5, 5.41) is 9.33. The van der Waals surface area contributed by atoms with Gasteiger partial charge in [-0.05, 0) is 61.5 Å². The number of carbonyl (C=O) groups is 3. The van der Waals surface area contributed by atoms with Crippen LogP contribution in [0.25, 0.3) is 0 Å². The second kappa shape index (κ2) is 8.01. The number of rotatable bonds is 5. The minimum absolute atomic E-state index is 0.118. The Bertz CT molecular complexity index is 794. The summed E-state index contributed by atoms with van der Waals surface area (Å²) in [5.41, 5.74) is 2.78. The summed E-state index contributed by atoms with van der Waals surface area (Å²) in [7, 11) is 0. The van der Waals surface area contributed by atoms with Gasteiger partial charge in [0.1, 0.15) is 6.04 Å². The van der Waals surface area contributed by atoms with Crippen LogP contribution in [-0.4, -0.2) is 48.3 Å². The molecule has 7 nitrogen and oxygen atoms in total. The molecule has 0 aliphatic carbocycles. The standard InChI is InChI=1S/C21H28N4O3/c1-13-9-22-7-6-15(13)11-23-10-14-2-3-17-16(8-14)12-25(21(17)28)18-4-5-19(26)24-20(18)27/h2-3,8,13,15,18,22-23H,4-7,9-12H2,1H3,(H,24,26,27). The Balaban J connectivity index is 1.37. The molecule has 2 fully saturated rings. The highest BCUT2D eigenvalue weighted by atomic mass is 16.2. The molecule has 3 aliphatic heterocycles. The van der Waals surface area contributed by atoms with Gasteiger partial charge >= 0.3 is 0 Å². The minimum atomic E-state index is -0.555. The van der Waals surface area contributed by atoms with E-state index >= 15 is 0 Å². The zero-order chi connectivity index (χ0) is 19.7. The summed E-state index contributed by atoms with van der Waals surface area (Å²) in [6, 6.07) is 5.37. The molecule has 28 heavy (non-hydrogen) atoms. The summed E-state index contributed by atoms with van der Waals surface area (Å²) in [6.45, 7) is 6.68. The van der Waals surface area contributed by atoms with Crippen molar-refractivity contribution < 1.29 is 14.4 Å². The van der Waals surface area contributed by atoms with Crippen LogP contribution in [0.1, 0.15) is 47.7 Å². The summed E-state index contributed by atoms with van der Waals surface area (Å²) >= 11 is 0. The van der Waals surface area contributed by atoms with Gasteiger partial charge in [-0.15, -0.1) is 0 Å². The van der Waals surface area contributed by atoms with Gasteiger partial charge in [-0.25, -0.2) is 0 Å². The van der Waals surface area contributed by atoms with E-state index in [-0.39, 0.29) is 24.1 Å². The van der Waals surface area contributed by atoms with Crippen molar-refractivity contribution in [3.63, 3.8) is 0 Å². The highest BCUT2D eigenvalue weighted by Crippen LogP contribution is 2.28. The predicted molar refractivity (Wildman–Crippen MR) is 104 cm³/mol. The molecule has 7 heteroatoms. The number of hydrogen-bond donors (Lipinski definition) is 3. The zero-order valence-corrected chi connectivity index (χ0v) is 16.3. The average molecular weight is 384 g/mol.